The second-order valence-corrected chi connectivity index (χ2v) is 5.27. The third-order valence-electron chi connectivity index (χ3n) is 3.68. The van der Waals surface area contributed by atoms with Crippen LogP contribution < -0.4 is 5.32 Å². The number of anilines is 1. The molecule has 0 spiro atoms. The Hall–Kier alpha value is -3.25. The number of hydrogen-bond acceptors (Lipinski definition) is 3. The maximum absolute atomic E-state index is 9.51. The molecule has 112 valence electrons. The van der Waals surface area contributed by atoms with Crippen LogP contribution in [0.2, 0.25) is 0 Å². The van der Waals surface area contributed by atoms with E-state index >= 15 is 0 Å². The van der Waals surface area contributed by atoms with Crippen molar-refractivity contribution in [3.63, 3.8) is 0 Å². The van der Waals surface area contributed by atoms with Crippen LogP contribution in [0.3, 0.4) is 0 Å². The minimum atomic E-state index is -0.0373. The Balaban J connectivity index is 1.94. The number of nitrogens with zero attached hydrogens (tertiary/aromatic N) is 1. The molecule has 23 heavy (non-hydrogen) atoms. The predicted molar refractivity (Wildman–Crippen MR) is 91.2 cm³/mol. The summed E-state index contributed by atoms with van der Waals surface area (Å²) >= 11 is 0. The predicted octanol–water partition coefficient (Wildman–Crippen LogP) is 4.47. The first-order valence-corrected chi connectivity index (χ1v) is 7.37. The highest BCUT2D eigenvalue weighted by Crippen LogP contribution is 2.28. The highest BCUT2D eigenvalue weighted by atomic mass is 16.3. The van der Waals surface area contributed by atoms with Gasteiger partial charge in [0.2, 0.25) is 0 Å². The number of phenolic OH excluding ortho intramolecular Hbond substituents is 1. The van der Waals surface area contributed by atoms with Gasteiger partial charge in [-0.3, -0.25) is 0 Å². The summed E-state index contributed by atoms with van der Waals surface area (Å²) in [6.45, 7) is 0. The van der Waals surface area contributed by atoms with Crippen molar-refractivity contribution < 1.29 is 5.11 Å². The lowest BCUT2D eigenvalue weighted by Crippen LogP contribution is -2.12. The molecule has 1 unspecified atom stereocenters. The zero-order valence-corrected chi connectivity index (χ0v) is 12.5. The van der Waals surface area contributed by atoms with Crippen LogP contribution in [0.15, 0.2) is 78.9 Å². The average molecular weight is 300 g/mol. The van der Waals surface area contributed by atoms with Crippen LogP contribution in [-0.2, 0) is 0 Å². The van der Waals surface area contributed by atoms with E-state index in [-0.39, 0.29) is 11.8 Å². The Bertz CT molecular complexity index is 803. The number of nitriles is 1. The number of benzene rings is 3. The molecule has 0 aliphatic rings. The summed E-state index contributed by atoms with van der Waals surface area (Å²) in [5, 5.41) is 21.9. The molecule has 3 rings (SSSR count). The van der Waals surface area contributed by atoms with E-state index in [4.69, 9.17) is 5.26 Å². The molecule has 3 aromatic rings. The van der Waals surface area contributed by atoms with Crippen LogP contribution in [-0.4, -0.2) is 5.11 Å². The molecule has 0 aliphatic heterocycles. The monoisotopic (exact) mass is 300 g/mol. The van der Waals surface area contributed by atoms with Gasteiger partial charge in [-0.15, -0.1) is 0 Å². The van der Waals surface area contributed by atoms with Gasteiger partial charge < -0.3 is 10.4 Å². The van der Waals surface area contributed by atoms with Crippen LogP contribution in [0.1, 0.15) is 22.7 Å². The standard InChI is InChI=1S/C20H16N2O/c21-14-15-6-10-18(11-7-15)22-20(16-4-2-1-3-5-16)17-8-12-19(23)13-9-17/h1-13,20,22-23H. The Morgan fingerprint density at radius 1 is 0.783 bits per heavy atom. The quantitative estimate of drug-likeness (QED) is 0.747. The van der Waals surface area contributed by atoms with Gasteiger partial charge in [0.15, 0.2) is 0 Å². The molecule has 0 saturated heterocycles. The Morgan fingerprint density at radius 3 is 2.00 bits per heavy atom. The van der Waals surface area contributed by atoms with E-state index < -0.39 is 0 Å². The fraction of sp³-hybridized carbons (Fsp3) is 0.0500. The van der Waals surface area contributed by atoms with Crippen molar-refractivity contribution in [1.29, 1.82) is 5.26 Å². The largest absolute Gasteiger partial charge is 0.508 e. The van der Waals surface area contributed by atoms with Crippen LogP contribution in [0, 0.1) is 11.3 Å². The third-order valence-corrected chi connectivity index (χ3v) is 3.68. The van der Waals surface area contributed by atoms with E-state index in [1.54, 1.807) is 24.3 Å². The van der Waals surface area contributed by atoms with Crippen LogP contribution in [0.4, 0.5) is 5.69 Å². The van der Waals surface area contributed by atoms with Crippen molar-refractivity contribution in [3.05, 3.63) is 95.6 Å². The first kappa shape index (κ1) is 14.7. The van der Waals surface area contributed by atoms with E-state index in [2.05, 4.69) is 23.5 Å². The molecule has 0 heterocycles. The molecule has 0 fully saturated rings. The number of nitrogens with one attached hydrogen (secondary N) is 1. The summed E-state index contributed by atoms with van der Waals surface area (Å²) in [4.78, 5) is 0. The van der Waals surface area contributed by atoms with Crippen molar-refractivity contribution in [1.82, 2.24) is 0 Å². The highest BCUT2D eigenvalue weighted by molar-refractivity contribution is 5.51. The average Bonchev–Trinajstić information content (AvgIpc) is 2.62. The second-order valence-electron chi connectivity index (χ2n) is 5.27. The lowest BCUT2D eigenvalue weighted by molar-refractivity contribution is 0.475. The molecule has 1 atom stereocenters. The molecule has 0 aromatic heterocycles. The van der Waals surface area contributed by atoms with Gasteiger partial charge in [-0.1, -0.05) is 42.5 Å². The Kier molecular flexibility index (Phi) is 4.26. The van der Waals surface area contributed by atoms with E-state index in [0.29, 0.717) is 5.56 Å². The summed E-state index contributed by atoms with van der Waals surface area (Å²) in [6.07, 6.45) is 0. The molecule has 3 heteroatoms. The van der Waals surface area contributed by atoms with Gasteiger partial charge >= 0.3 is 0 Å². The number of aromatic hydroxyl groups is 1. The van der Waals surface area contributed by atoms with Crippen LogP contribution in [0.5, 0.6) is 5.75 Å². The molecular formula is C20H16N2O. The maximum atomic E-state index is 9.51. The molecule has 3 aromatic carbocycles. The topological polar surface area (TPSA) is 56.0 Å². The molecule has 0 radical (unpaired) electrons. The summed E-state index contributed by atoms with van der Waals surface area (Å²) in [5.41, 5.74) is 3.75. The smallest absolute Gasteiger partial charge is 0.115 e. The van der Waals surface area contributed by atoms with E-state index in [9.17, 15) is 5.11 Å². The molecule has 0 saturated carbocycles. The van der Waals surface area contributed by atoms with Crippen LogP contribution >= 0.6 is 0 Å². The summed E-state index contributed by atoms with van der Waals surface area (Å²) in [6, 6.07) is 26.8. The normalized spacial score (nSPS) is 11.4. The zero-order chi connectivity index (χ0) is 16.1. The van der Waals surface area contributed by atoms with Gasteiger partial charge in [-0.2, -0.15) is 5.26 Å². The summed E-state index contributed by atoms with van der Waals surface area (Å²) < 4.78 is 0. The van der Waals surface area contributed by atoms with Gasteiger partial charge in [-0.05, 0) is 47.5 Å². The SMILES string of the molecule is N#Cc1ccc(NC(c2ccccc2)c2ccc(O)cc2)cc1. The van der Waals surface area contributed by atoms with Crippen LogP contribution in [0.25, 0.3) is 0 Å². The maximum Gasteiger partial charge on any atom is 0.115 e. The van der Waals surface area contributed by atoms with E-state index in [1.165, 1.54) is 0 Å². The van der Waals surface area contributed by atoms with Crippen molar-refractivity contribution in [2.24, 2.45) is 0 Å². The number of phenols is 1. The number of rotatable bonds is 4. The fourth-order valence-corrected chi connectivity index (χ4v) is 2.48. The number of hydrogen-bond donors (Lipinski definition) is 2. The first-order valence-electron chi connectivity index (χ1n) is 7.37. The van der Waals surface area contributed by atoms with Gasteiger partial charge in [0.05, 0.1) is 17.7 Å². The molecule has 0 aliphatic carbocycles. The summed E-state index contributed by atoms with van der Waals surface area (Å²) in [7, 11) is 0. The molecular weight excluding hydrogens is 284 g/mol. The Labute approximate surface area is 135 Å². The second kappa shape index (κ2) is 6.67. The molecule has 0 amide bonds. The van der Waals surface area contributed by atoms with Crippen molar-refractivity contribution in [3.8, 4) is 11.8 Å². The van der Waals surface area contributed by atoms with Gasteiger partial charge in [0.1, 0.15) is 5.75 Å². The van der Waals surface area contributed by atoms with Gasteiger partial charge in [0.25, 0.3) is 0 Å². The minimum Gasteiger partial charge on any atom is -0.508 e. The molecule has 0 bridgehead atoms. The highest BCUT2D eigenvalue weighted by Gasteiger charge is 2.13. The van der Waals surface area contributed by atoms with E-state index in [0.717, 1.165) is 16.8 Å². The summed E-state index contributed by atoms with van der Waals surface area (Å²) in [5.74, 6) is 0.249. The van der Waals surface area contributed by atoms with Gasteiger partial charge in [0, 0.05) is 5.69 Å². The Morgan fingerprint density at radius 2 is 1.39 bits per heavy atom. The lowest BCUT2D eigenvalue weighted by Gasteiger charge is -2.21. The lowest BCUT2D eigenvalue weighted by atomic mass is 9.98. The zero-order valence-electron chi connectivity index (χ0n) is 12.5. The van der Waals surface area contributed by atoms with E-state index in [1.807, 2.05) is 42.5 Å². The van der Waals surface area contributed by atoms with Crippen molar-refractivity contribution in [2.45, 2.75) is 6.04 Å². The third kappa shape index (κ3) is 3.50. The first-order chi connectivity index (χ1) is 11.3. The molecule has 2 N–H and O–H groups in total. The fourth-order valence-electron chi connectivity index (χ4n) is 2.48. The van der Waals surface area contributed by atoms with Crippen molar-refractivity contribution in [2.75, 3.05) is 5.32 Å². The van der Waals surface area contributed by atoms with Crippen molar-refractivity contribution >= 4 is 5.69 Å². The minimum absolute atomic E-state index is 0.0373. The van der Waals surface area contributed by atoms with Gasteiger partial charge in [-0.25, -0.2) is 0 Å². The molecule has 3 nitrogen and oxygen atoms in total.